The van der Waals surface area contributed by atoms with Crippen LogP contribution in [0.15, 0.2) is 152 Å². The van der Waals surface area contributed by atoms with Gasteiger partial charge in [-0.1, -0.05) is 105 Å². The van der Waals surface area contributed by atoms with E-state index in [4.69, 9.17) is 0 Å². The molecular weight excluding hydrogens is 534 g/mol. The van der Waals surface area contributed by atoms with Gasteiger partial charge in [0.25, 0.3) is 0 Å². The van der Waals surface area contributed by atoms with Gasteiger partial charge in [0.1, 0.15) is 0 Å². The molecule has 0 amide bonds. The number of aromatic nitrogens is 2. The summed E-state index contributed by atoms with van der Waals surface area (Å²) in [6, 6.07) is 52.6. The highest BCUT2D eigenvalue weighted by Crippen LogP contribution is 2.50. The largest absolute Gasteiger partial charge is 0.317 e. The lowest BCUT2D eigenvalue weighted by Crippen LogP contribution is -2.16. The van der Waals surface area contributed by atoms with E-state index >= 15 is 0 Å². The van der Waals surface area contributed by atoms with Gasteiger partial charge in [0.05, 0.1) is 22.4 Å². The smallest absolute Gasteiger partial charge is 0.0763 e. The van der Waals surface area contributed by atoms with Gasteiger partial charge in [0, 0.05) is 50.5 Å². The summed E-state index contributed by atoms with van der Waals surface area (Å²) in [4.78, 5) is 2.40. The molecule has 1 aliphatic rings. The summed E-state index contributed by atoms with van der Waals surface area (Å²) in [6.07, 6.45) is 2.37. The molecule has 6 aromatic carbocycles. The van der Waals surface area contributed by atoms with Crippen LogP contribution in [0, 0.1) is 0 Å². The van der Waals surface area contributed by atoms with Crippen molar-refractivity contribution in [3.63, 3.8) is 0 Å². The molecule has 0 unspecified atom stereocenters. The van der Waals surface area contributed by atoms with Gasteiger partial charge in [-0.3, -0.25) is 0 Å². The summed E-state index contributed by atoms with van der Waals surface area (Å²) < 4.78 is 4.91. The van der Waals surface area contributed by atoms with Crippen LogP contribution in [0.5, 0.6) is 0 Å². The molecule has 0 spiro atoms. The molecule has 0 saturated heterocycles. The second kappa shape index (κ2) is 9.23. The van der Waals surface area contributed by atoms with Crippen LogP contribution in [0.3, 0.4) is 0 Å². The SMILES string of the molecule is CC1(C)c2ccccc2-n2cc3c4cc(N(c5ccccc5)c5cccc6ccccc56)ccc4n(-c4ccccc4)c3c21. The Morgan fingerprint density at radius 3 is 2.11 bits per heavy atom. The van der Waals surface area contributed by atoms with Crippen molar-refractivity contribution in [2.24, 2.45) is 0 Å². The highest BCUT2D eigenvalue weighted by atomic mass is 15.1. The van der Waals surface area contributed by atoms with E-state index in [1.165, 1.54) is 60.9 Å². The standard InChI is InChI=1S/C41H31N3/c1-41(2)35-21-11-12-22-38(35)42-27-34-33-26-31(24-25-37(33)44(39(34)40(41)42)30-18-7-4-8-19-30)43(29-16-5-3-6-17-29)36-23-13-15-28-14-9-10-20-32(28)36/h3-27H,1-2H3. The molecule has 1 aliphatic heterocycles. The number of fused-ring (bicyclic) bond motifs is 8. The van der Waals surface area contributed by atoms with Gasteiger partial charge >= 0.3 is 0 Å². The monoisotopic (exact) mass is 565 g/mol. The Bertz CT molecular complexity index is 2350. The maximum absolute atomic E-state index is 2.47. The lowest BCUT2D eigenvalue weighted by molar-refractivity contribution is 0.646. The van der Waals surface area contributed by atoms with Gasteiger partial charge in [-0.2, -0.15) is 0 Å². The summed E-state index contributed by atoms with van der Waals surface area (Å²) >= 11 is 0. The molecular formula is C41H31N3. The minimum Gasteiger partial charge on any atom is -0.317 e. The van der Waals surface area contributed by atoms with Crippen LogP contribution in [0.4, 0.5) is 17.1 Å². The molecule has 3 heterocycles. The van der Waals surface area contributed by atoms with Crippen LogP contribution in [0.1, 0.15) is 25.1 Å². The van der Waals surface area contributed by atoms with Gasteiger partial charge in [-0.05, 0) is 65.5 Å². The molecule has 210 valence electrons. The van der Waals surface area contributed by atoms with Crippen LogP contribution in [-0.4, -0.2) is 9.13 Å². The van der Waals surface area contributed by atoms with Crippen molar-refractivity contribution < 1.29 is 0 Å². The quantitative estimate of drug-likeness (QED) is 0.207. The number of hydrogen-bond acceptors (Lipinski definition) is 1. The van der Waals surface area contributed by atoms with Crippen LogP contribution in [0.2, 0.25) is 0 Å². The summed E-state index contributed by atoms with van der Waals surface area (Å²) in [6.45, 7) is 4.72. The predicted molar refractivity (Wildman–Crippen MR) is 184 cm³/mol. The molecule has 3 nitrogen and oxygen atoms in total. The maximum Gasteiger partial charge on any atom is 0.0763 e. The average Bonchev–Trinajstić information content (AvgIpc) is 3.68. The van der Waals surface area contributed by atoms with E-state index in [-0.39, 0.29) is 5.41 Å². The van der Waals surface area contributed by atoms with Crippen molar-refractivity contribution in [3.05, 3.63) is 163 Å². The van der Waals surface area contributed by atoms with Crippen molar-refractivity contribution in [3.8, 4) is 11.4 Å². The van der Waals surface area contributed by atoms with Crippen LogP contribution >= 0.6 is 0 Å². The zero-order valence-corrected chi connectivity index (χ0v) is 24.8. The Morgan fingerprint density at radius 2 is 1.27 bits per heavy atom. The Labute approximate surface area is 256 Å². The van der Waals surface area contributed by atoms with E-state index in [9.17, 15) is 0 Å². The van der Waals surface area contributed by atoms with E-state index in [0.29, 0.717) is 0 Å². The highest BCUT2D eigenvalue weighted by molar-refractivity contribution is 6.13. The van der Waals surface area contributed by atoms with Gasteiger partial charge < -0.3 is 14.0 Å². The van der Waals surface area contributed by atoms with Crippen molar-refractivity contribution in [2.45, 2.75) is 19.3 Å². The second-order valence-corrected chi connectivity index (χ2v) is 12.3. The minimum absolute atomic E-state index is 0.138. The van der Waals surface area contributed by atoms with Crippen LogP contribution in [-0.2, 0) is 5.41 Å². The molecule has 0 radical (unpaired) electrons. The molecule has 0 atom stereocenters. The molecule has 0 N–H and O–H groups in total. The average molecular weight is 566 g/mol. The molecule has 0 bridgehead atoms. The van der Waals surface area contributed by atoms with E-state index in [1.54, 1.807) is 0 Å². The first-order valence-corrected chi connectivity index (χ1v) is 15.3. The fourth-order valence-electron chi connectivity index (χ4n) is 7.49. The summed E-state index contributed by atoms with van der Waals surface area (Å²) in [7, 11) is 0. The first kappa shape index (κ1) is 25.0. The normalized spacial score (nSPS) is 13.4. The van der Waals surface area contributed by atoms with Crippen molar-refractivity contribution in [1.82, 2.24) is 9.13 Å². The number of para-hydroxylation sites is 3. The van der Waals surface area contributed by atoms with Gasteiger partial charge in [-0.15, -0.1) is 0 Å². The number of benzene rings is 6. The third-order valence-corrected chi connectivity index (χ3v) is 9.44. The van der Waals surface area contributed by atoms with Gasteiger partial charge in [0.15, 0.2) is 0 Å². The number of rotatable bonds is 4. The second-order valence-electron chi connectivity index (χ2n) is 12.3. The molecule has 9 rings (SSSR count). The van der Waals surface area contributed by atoms with Crippen LogP contribution in [0.25, 0.3) is 44.0 Å². The Balaban J connectivity index is 1.37. The highest BCUT2D eigenvalue weighted by Gasteiger charge is 2.39. The molecule has 0 aliphatic carbocycles. The van der Waals surface area contributed by atoms with Gasteiger partial charge in [0.2, 0.25) is 0 Å². The topological polar surface area (TPSA) is 13.1 Å². The Kier molecular flexibility index (Phi) is 5.24. The first-order chi connectivity index (χ1) is 21.6. The molecule has 0 saturated carbocycles. The number of anilines is 3. The first-order valence-electron chi connectivity index (χ1n) is 15.3. The van der Waals surface area contributed by atoms with Crippen LogP contribution < -0.4 is 4.90 Å². The Morgan fingerprint density at radius 1 is 0.568 bits per heavy atom. The van der Waals surface area contributed by atoms with Crippen molar-refractivity contribution >= 4 is 49.6 Å². The third kappa shape index (κ3) is 3.44. The summed E-state index contributed by atoms with van der Waals surface area (Å²) in [5, 5.41) is 4.98. The molecule has 3 heteroatoms. The molecule has 0 fully saturated rings. The molecule has 8 aromatic rings. The van der Waals surface area contributed by atoms with Gasteiger partial charge in [-0.25, -0.2) is 0 Å². The van der Waals surface area contributed by atoms with E-state index in [1.807, 2.05) is 0 Å². The third-order valence-electron chi connectivity index (χ3n) is 9.44. The summed E-state index contributed by atoms with van der Waals surface area (Å²) in [5.74, 6) is 0. The lowest BCUT2D eigenvalue weighted by atomic mass is 9.83. The fraction of sp³-hybridized carbons (Fsp3) is 0.0732. The van der Waals surface area contributed by atoms with E-state index in [2.05, 4.69) is 180 Å². The molecule has 2 aromatic heterocycles. The number of hydrogen-bond donors (Lipinski definition) is 0. The van der Waals surface area contributed by atoms with Crippen molar-refractivity contribution in [2.75, 3.05) is 4.90 Å². The number of nitrogens with zero attached hydrogens (tertiary/aromatic N) is 3. The summed E-state index contributed by atoms with van der Waals surface area (Å²) in [5.41, 5.74) is 11.0. The van der Waals surface area contributed by atoms with Crippen molar-refractivity contribution in [1.29, 1.82) is 0 Å². The molecule has 44 heavy (non-hydrogen) atoms. The van der Waals surface area contributed by atoms with E-state index in [0.717, 1.165) is 11.4 Å². The Hall–Kier alpha value is -5.54. The lowest BCUT2D eigenvalue weighted by Gasteiger charge is -2.27. The zero-order valence-electron chi connectivity index (χ0n) is 24.8. The minimum atomic E-state index is -0.138. The zero-order chi connectivity index (χ0) is 29.4. The maximum atomic E-state index is 2.47. The predicted octanol–water partition coefficient (Wildman–Crippen LogP) is 10.8. The van der Waals surface area contributed by atoms with E-state index < -0.39 is 0 Å². The fourth-order valence-corrected chi connectivity index (χ4v) is 7.49.